The lowest BCUT2D eigenvalue weighted by atomic mass is 10.1. The van der Waals surface area contributed by atoms with Crippen molar-refractivity contribution in [2.45, 2.75) is 19.3 Å². The predicted octanol–water partition coefficient (Wildman–Crippen LogP) is 6.66. The quantitative estimate of drug-likeness (QED) is 0.0314. The first kappa shape index (κ1) is 40.0. The number of hydrogen-bond donors (Lipinski definition) is 0. The van der Waals surface area contributed by atoms with Crippen molar-refractivity contribution in [3.63, 3.8) is 0 Å². The van der Waals surface area contributed by atoms with Gasteiger partial charge in [-0.05, 0) is 78.4 Å². The first-order chi connectivity index (χ1) is 26.1. The number of ether oxygens (including phenoxy) is 7. The molecule has 12 nitrogen and oxygen atoms in total. The van der Waals surface area contributed by atoms with E-state index in [9.17, 15) is 28.4 Å². The molecule has 0 radical (unpaired) electrons. The Balaban J connectivity index is 1.16. The number of esters is 5. The molecule has 0 aromatic heterocycles. The molecule has 280 valence electrons. The first-order valence-corrected chi connectivity index (χ1v) is 16.7. The van der Waals surface area contributed by atoms with Gasteiger partial charge in [0.2, 0.25) is 0 Å². The van der Waals surface area contributed by atoms with Crippen molar-refractivity contribution in [2.24, 2.45) is 0 Å². The summed E-state index contributed by atoms with van der Waals surface area (Å²) in [5, 5.41) is 0. The Morgan fingerprint density at radius 1 is 0.519 bits per heavy atom. The zero-order valence-electron chi connectivity index (χ0n) is 29.2. The molecule has 0 saturated carbocycles. The van der Waals surface area contributed by atoms with Crippen molar-refractivity contribution in [3.05, 3.63) is 144 Å². The van der Waals surface area contributed by atoms with Gasteiger partial charge < -0.3 is 33.2 Å². The zero-order chi connectivity index (χ0) is 38.7. The molecule has 0 N–H and O–H groups in total. The maximum Gasteiger partial charge on any atom is 0.343 e. The number of rotatable bonds is 20. The van der Waals surface area contributed by atoms with Crippen LogP contribution in [0.1, 0.15) is 49.5 Å². The van der Waals surface area contributed by atoms with Gasteiger partial charge in [0.1, 0.15) is 28.8 Å². The summed E-state index contributed by atoms with van der Waals surface area (Å²) in [4.78, 5) is 59.8. The molecular formula is C41H37FO12. The Labute approximate surface area is 310 Å². The second-order valence-electron chi connectivity index (χ2n) is 11.1. The van der Waals surface area contributed by atoms with Crippen LogP contribution in [0.25, 0.3) is 0 Å². The summed E-state index contributed by atoms with van der Waals surface area (Å²) in [7, 11) is 0. The molecule has 0 bridgehead atoms. The van der Waals surface area contributed by atoms with Crippen LogP contribution in [0.4, 0.5) is 4.39 Å². The SMILES string of the molecule is C=CC(=O)OCCCOc1ccc(C(=O)Oc2ccc(CCOC(=O)c3ccc(OC(=O)c4ccc(OCCCOC(=O)C=C)cc4)cc3F)cc2)cc1. The van der Waals surface area contributed by atoms with E-state index in [1.165, 1.54) is 24.3 Å². The van der Waals surface area contributed by atoms with Crippen LogP contribution >= 0.6 is 0 Å². The average molecular weight is 741 g/mol. The molecule has 0 aliphatic heterocycles. The van der Waals surface area contributed by atoms with Gasteiger partial charge in [0.25, 0.3) is 0 Å². The van der Waals surface area contributed by atoms with Crippen LogP contribution in [0, 0.1) is 5.82 Å². The summed E-state index contributed by atoms with van der Waals surface area (Å²) in [6.07, 6.45) is 3.43. The van der Waals surface area contributed by atoms with Crippen molar-refractivity contribution < 1.29 is 61.5 Å². The number of halogens is 1. The molecule has 13 heteroatoms. The molecule has 4 aromatic rings. The molecule has 0 spiro atoms. The lowest BCUT2D eigenvalue weighted by Gasteiger charge is -2.10. The van der Waals surface area contributed by atoms with Gasteiger partial charge in [-0.25, -0.2) is 28.4 Å². The third kappa shape index (κ3) is 13.1. The van der Waals surface area contributed by atoms with Gasteiger partial charge in [-0.15, -0.1) is 0 Å². The molecule has 0 fully saturated rings. The van der Waals surface area contributed by atoms with Crippen molar-refractivity contribution in [1.82, 2.24) is 0 Å². The van der Waals surface area contributed by atoms with Gasteiger partial charge in [-0.1, -0.05) is 25.3 Å². The monoisotopic (exact) mass is 740 g/mol. The van der Waals surface area contributed by atoms with Crippen molar-refractivity contribution in [2.75, 3.05) is 33.0 Å². The molecule has 0 atom stereocenters. The van der Waals surface area contributed by atoms with Gasteiger partial charge in [-0.3, -0.25) is 0 Å². The Morgan fingerprint density at radius 3 is 1.46 bits per heavy atom. The maximum atomic E-state index is 14.8. The van der Waals surface area contributed by atoms with Gasteiger partial charge in [0.15, 0.2) is 0 Å². The van der Waals surface area contributed by atoms with E-state index in [1.54, 1.807) is 60.7 Å². The van der Waals surface area contributed by atoms with Crippen LogP contribution in [0.5, 0.6) is 23.0 Å². The highest BCUT2D eigenvalue weighted by molar-refractivity contribution is 5.92. The molecule has 0 aliphatic rings. The molecule has 4 aromatic carbocycles. The number of carbonyl (C=O) groups is 5. The minimum atomic E-state index is -0.926. The maximum absolute atomic E-state index is 14.8. The molecular weight excluding hydrogens is 703 g/mol. The molecule has 4 rings (SSSR count). The summed E-state index contributed by atoms with van der Waals surface area (Å²) >= 11 is 0. The molecule has 0 amide bonds. The van der Waals surface area contributed by atoms with Crippen molar-refractivity contribution in [3.8, 4) is 23.0 Å². The highest BCUT2D eigenvalue weighted by Crippen LogP contribution is 2.21. The Kier molecular flexibility index (Phi) is 15.5. The fourth-order valence-corrected chi connectivity index (χ4v) is 4.46. The number of carbonyl (C=O) groups excluding carboxylic acids is 5. The first-order valence-electron chi connectivity index (χ1n) is 16.7. The number of benzene rings is 4. The Bertz CT molecular complexity index is 1920. The van der Waals surface area contributed by atoms with E-state index >= 15 is 0 Å². The van der Waals surface area contributed by atoms with Crippen molar-refractivity contribution >= 4 is 29.8 Å². The Morgan fingerprint density at radius 2 is 0.981 bits per heavy atom. The molecule has 0 unspecified atom stereocenters. The fraction of sp³-hybridized carbons (Fsp3) is 0.195. The van der Waals surface area contributed by atoms with Crippen LogP contribution in [0.15, 0.2) is 116 Å². The van der Waals surface area contributed by atoms with E-state index in [-0.39, 0.29) is 43.3 Å². The summed E-state index contributed by atoms with van der Waals surface area (Å²) in [5.41, 5.74) is 0.947. The van der Waals surface area contributed by atoms with Crippen LogP contribution in [0.2, 0.25) is 0 Å². The van der Waals surface area contributed by atoms with Crippen LogP contribution in [-0.2, 0) is 30.2 Å². The van der Waals surface area contributed by atoms with E-state index in [4.69, 9.17) is 33.2 Å². The number of hydrogen-bond acceptors (Lipinski definition) is 12. The van der Waals surface area contributed by atoms with Crippen molar-refractivity contribution in [1.29, 1.82) is 0 Å². The lowest BCUT2D eigenvalue weighted by Crippen LogP contribution is -2.12. The highest BCUT2D eigenvalue weighted by atomic mass is 19.1. The molecule has 0 aliphatic carbocycles. The zero-order valence-corrected chi connectivity index (χ0v) is 29.2. The van der Waals surface area contributed by atoms with Gasteiger partial charge in [0, 0.05) is 37.5 Å². The minimum absolute atomic E-state index is 0.0506. The van der Waals surface area contributed by atoms with Crippen LogP contribution < -0.4 is 18.9 Å². The predicted molar refractivity (Wildman–Crippen MR) is 192 cm³/mol. The molecule has 54 heavy (non-hydrogen) atoms. The summed E-state index contributed by atoms with van der Waals surface area (Å²) in [5.74, 6) is -2.91. The van der Waals surface area contributed by atoms with Gasteiger partial charge in [-0.2, -0.15) is 0 Å². The average Bonchev–Trinajstić information content (AvgIpc) is 3.18. The van der Waals surface area contributed by atoms with Crippen LogP contribution in [0.3, 0.4) is 0 Å². The minimum Gasteiger partial charge on any atom is -0.493 e. The Hall–Kier alpha value is -6.76. The van der Waals surface area contributed by atoms with Crippen LogP contribution in [-0.4, -0.2) is 62.9 Å². The smallest absolute Gasteiger partial charge is 0.343 e. The second kappa shape index (κ2) is 20.9. The fourth-order valence-electron chi connectivity index (χ4n) is 4.46. The second-order valence-corrected chi connectivity index (χ2v) is 11.1. The van der Waals surface area contributed by atoms with E-state index in [2.05, 4.69) is 13.2 Å². The van der Waals surface area contributed by atoms with E-state index in [0.717, 1.165) is 23.8 Å². The standard InChI is InChI=1S/C41H37FO12/c1-3-37(43)50-24-5-22-48-31-15-9-29(10-16-31)39(45)53-33-13-7-28(8-14-33)21-26-52-41(47)35-20-19-34(27-36(35)42)54-40(46)30-11-17-32(18-12-30)49-23-6-25-51-38(44)4-2/h3-4,7-20,27H,1-2,5-6,21-26H2. The topological polar surface area (TPSA) is 150 Å². The largest absolute Gasteiger partial charge is 0.493 e. The third-order valence-corrected chi connectivity index (χ3v) is 7.25. The molecule has 0 saturated heterocycles. The normalized spacial score (nSPS) is 10.3. The van der Waals surface area contributed by atoms with Gasteiger partial charge in [0.05, 0.1) is 49.7 Å². The summed E-state index contributed by atoms with van der Waals surface area (Å²) in [6, 6.07) is 22.5. The summed E-state index contributed by atoms with van der Waals surface area (Å²) < 4.78 is 51.6. The van der Waals surface area contributed by atoms with E-state index < -0.39 is 35.7 Å². The third-order valence-electron chi connectivity index (χ3n) is 7.25. The summed E-state index contributed by atoms with van der Waals surface area (Å²) in [6.45, 7) is 7.57. The van der Waals surface area contributed by atoms with Gasteiger partial charge >= 0.3 is 29.8 Å². The van der Waals surface area contributed by atoms with E-state index in [0.29, 0.717) is 48.7 Å². The lowest BCUT2D eigenvalue weighted by molar-refractivity contribution is -0.138. The molecule has 0 heterocycles. The highest BCUT2D eigenvalue weighted by Gasteiger charge is 2.17. The van der Waals surface area contributed by atoms with E-state index in [1.807, 2.05) is 0 Å².